The van der Waals surface area contributed by atoms with E-state index in [4.69, 9.17) is 0 Å². The van der Waals surface area contributed by atoms with Crippen molar-refractivity contribution in [2.24, 2.45) is 0 Å². The van der Waals surface area contributed by atoms with E-state index in [1.807, 2.05) is 11.8 Å². The molecule has 1 aliphatic rings. The van der Waals surface area contributed by atoms with E-state index in [2.05, 4.69) is 27.1 Å². The second-order valence-electron chi connectivity index (χ2n) is 6.70. The van der Waals surface area contributed by atoms with E-state index in [0.717, 1.165) is 31.0 Å². The monoisotopic (exact) mass is 367 g/mol. The van der Waals surface area contributed by atoms with Gasteiger partial charge in [0.1, 0.15) is 5.69 Å². The summed E-state index contributed by atoms with van der Waals surface area (Å²) in [6.45, 7) is 9.72. The van der Waals surface area contributed by atoms with Crippen molar-refractivity contribution in [3.8, 4) is 0 Å². The van der Waals surface area contributed by atoms with Crippen LogP contribution in [-0.4, -0.2) is 64.2 Å². The topological polar surface area (TPSA) is 78.4 Å². The average Bonchev–Trinajstić information content (AvgIpc) is 2.67. The lowest BCUT2D eigenvalue weighted by molar-refractivity contribution is 0.0637. The van der Waals surface area contributed by atoms with Crippen molar-refractivity contribution in [1.82, 2.24) is 19.8 Å². The van der Waals surface area contributed by atoms with Crippen molar-refractivity contribution >= 4 is 23.3 Å². The van der Waals surface area contributed by atoms with Gasteiger partial charge in [-0.25, -0.2) is 9.97 Å². The van der Waals surface area contributed by atoms with Gasteiger partial charge in [-0.05, 0) is 50.7 Å². The number of nitrogens with zero attached hydrogens (tertiary/aromatic N) is 4. The number of likely N-dealkylation sites (N-methyl/N-ethyl adjacent to an activating group) is 1. The number of carbonyl (C=O) groups excluding carboxylic acids is 2. The highest BCUT2D eigenvalue weighted by Crippen LogP contribution is 2.16. The molecule has 1 aromatic carbocycles. The molecule has 27 heavy (non-hydrogen) atoms. The summed E-state index contributed by atoms with van der Waals surface area (Å²) in [5.74, 6) is 0.330. The van der Waals surface area contributed by atoms with Crippen molar-refractivity contribution < 1.29 is 9.59 Å². The van der Waals surface area contributed by atoms with Gasteiger partial charge in [-0.3, -0.25) is 9.59 Å². The summed E-state index contributed by atoms with van der Waals surface area (Å²) in [6, 6.07) is 8.82. The number of anilines is 2. The number of ketones is 1. The number of benzene rings is 1. The number of carbonyl (C=O) groups is 2. The Kier molecular flexibility index (Phi) is 5.81. The Morgan fingerprint density at radius 3 is 2.33 bits per heavy atom. The maximum absolute atomic E-state index is 12.8. The molecule has 0 saturated carbocycles. The summed E-state index contributed by atoms with van der Waals surface area (Å²) in [5.41, 5.74) is 2.53. The number of aromatic nitrogens is 2. The SMILES string of the molecule is CCN1CCN(C(=O)c2cc(C)nc(Nc3ccc(C(C)=O)cc3)n2)CC1. The van der Waals surface area contributed by atoms with Crippen LogP contribution in [0.3, 0.4) is 0 Å². The molecule has 0 atom stereocenters. The van der Waals surface area contributed by atoms with E-state index in [0.29, 0.717) is 30.3 Å². The number of piperazine rings is 1. The van der Waals surface area contributed by atoms with Crippen LogP contribution in [0.2, 0.25) is 0 Å². The minimum atomic E-state index is -0.0637. The smallest absolute Gasteiger partial charge is 0.272 e. The highest BCUT2D eigenvalue weighted by atomic mass is 16.2. The molecule has 0 spiro atoms. The van der Waals surface area contributed by atoms with E-state index in [-0.39, 0.29) is 11.7 Å². The molecule has 2 heterocycles. The maximum Gasteiger partial charge on any atom is 0.272 e. The lowest BCUT2D eigenvalue weighted by Crippen LogP contribution is -2.48. The highest BCUT2D eigenvalue weighted by molar-refractivity contribution is 5.94. The molecule has 1 amide bonds. The molecule has 7 nitrogen and oxygen atoms in total. The quantitative estimate of drug-likeness (QED) is 0.818. The first-order valence-electron chi connectivity index (χ1n) is 9.21. The van der Waals surface area contributed by atoms with Gasteiger partial charge in [0.05, 0.1) is 0 Å². The first-order chi connectivity index (χ1) is 13.0. The average molecular weight is 367 g/mol. The molecule has 1 N–H and O–H groups in total. The summed E-state index contributed by atoms with van der Waals surface area (Å²) in [4.78, 5) is 37.2. The molecule has 1 aromatic heterocycles. The van der Waals surface area contributed by atoms with Crippen molar-refractivity contribution in [2.45, 2.75) is 20.8 Å². The molecule has 7 heteroatoms. The Balaban J connectivity index is 1.74. The predicted octanol–water partition coefficient (Wildman–Crippen LogP) is 2.51. The number of amides is 1. The fourth-order valence-corrected chi connectivity index (χ4v) is 3.08. The molecule has 2 aromatic rings. The fraction of sp³-hybridized carbons (Fsp3) is 0.400. The predicted molar refractivity (Wildman–Crippen MR) is 105 cm³/mol. The number of Topliss-reactive ketones (excluding diaryl/α,β-unsaturated/α-hetero) is 1. The van der Waals surface area contributed by atoms with E-state index in [1.54, 1.807) is 30.3 Å². The van der Waals surface area contributed by atoms with E-state index >= 15 is 0 Å². The summed E-state index contributed by atoms with van der Waals surface area (Å²) < 4.78 is 0. The van der Waals surface area contributed by atoms with Crippen LogP contribution in [0.25, 0.3) is 0 Å². The van der Waals surface area contributed by atoms with E-state index < -0.39 is 0 Å². The molecule has 1 aliphatic heterocycles. The zero-order valence-electron chi connectivity index (χ0n) is 16.0. The summed E-state index contributed by atoms with van der Waals surface area (Å²) in [7, 11) is 0. The number of aryl methyl sites for hydroxylation is 1. The number of hydrogen-bond donors (Lipinski definition) is 1. The van der Waals surface area contributed by atoms with Gasteiger partial charge < -0.3 is 15.1 Å². The number of hydrogen-bond acceptors (Lipinski definition) is 6. The van der Waals surface area contributed by atoms with Gasteiger partial charge >= 0.3 is 0 Å². The molecular formula is C20H25N5O2. The van der Waals surface area contributed by atoms with Crippen molar-refractivity contribution in [3.63, 3.8) is 0 Å². The minimum Gasteiger partial charge on any atom is -0.335 e. The lowest BCUT2D eigenvalue weighted by Gasteiger charge is -2.33. The van der Waals surface area contributed by atoms with Crippen LogP contribution in [0, 0.1) is 6.92 Å². The van der Waals surface area contributed by atoms with Gasteiger partial charge in [-0.15, -0.1) is 0 Å². The van der Waals surface area contributed by atoms with Crippen molar-refractivity contribution in [1.29, 1.82) is 0 Å². The largest absolute Gasteiger partial charge is 0.335 e. The van der Waals surface area contributed by atoms with Crippen LogP contribution in [0.5, 0.6) is 0 Å². The normalized spacial score (nSPS) is 14.9. The summed E-state index contributed by atoms with van der Waals surface area (Å²) in [5, 5.41) is 3.11. The van der Waals surface area contributed by atoms with Crippen LogP contribution in [0.1, 0.15) is 40.4 Å². The Morgan fingerprint density at radius 1 is 1.07 bits per heavy atom. The fourth-order valence-electron chi connectivity index (χ4n) is 3.08. The molecule has 142 valence electrons. The Hall–Kier alpha value is -2.80. The van der Waals surface area contributed by atoms with Crippen LogP contribution >= 0.6 is 0 Å². The van der Waals surface area contributed by atoms with Crippen LogP contribution < -0.4 is 5.32 Å². The van der Waals surface area contributed by atoms with Crippen LogP contribution in [0.4, 0.5) is 11.6 Å². The number of rotatable bonds is 5. The van der Waals surface area contributed by atoms with Gasteiger partial charge in [0.15, 0.2) is 5.78 Å². The van der Waals surface area contributed by atoms with Crippen LogP contribution in [0.15, 0.2) is 30.3 Å². The van der Waals surface area contributed by atoms with Crippen molar-refractivity contribution in [3.05, 3.63) is 47.3 Å². The molecule has 1 fully saturated rings. The molecule has 3 rings (SSSR count). The molecule has 0 bridgehead atoms. The van der Waals surface area contributed by atoms with E-state index in [9.17, 15) is 9.59 Å². The first-order valence-corrected chi connectivity index (χ1v) is 9.21. The third-order valence-electron chi connectivity index (χ3n) is 4.73. The maximum atomic E-state index is 12.8. The van der Waals surface area contributed by atoms with Crippen LogP contribution in [-0.2, 0) is 0 Å². The third kappa shape index (κ3) is 4.68. The molecule has 0 aliphatic carbocycles. The number of nitrogens with one attached hydrogen (secondary N) is 1. The Morgan fingerprint density at radius 2 is 1.74 bits per heavy atom. The summed E-state index contributed by atoms with van der Waals surface area (Å²) >= 11 is 0. The molecule has 1 saturated heterocycles. The minimum absolute atomic E-state index is 0.0180. The standard InChI is InChI=1S/C20H25N5O2/c1-4-24-9-11-25(12-10-24)19(27)18-13-14(2)21-20(23-18)22-17-7-5-16(6-8-17)15(3)26/h5-8,13H,4,9-12H2,1-3H3,(H,21,22,23). The zero-order chi connectivity index (χ0) is 19.4. The third-order valence-corrected chi connectivity index (χ3v) is 4.73. The summed E-state index contributed by atoms with van der Waals surface area (Å²) in [6.07, 6.45) is 0. The van der Waals surface area contributed by atoms with Gasteiger partial charge in [0.2, 0.25) is 5.95 Å². The van der Waals surface area contributed by atoms with E-state index in [1.165, 1.54) is 6.92 Å². The molecular weight excluding hydrogens is 342 g/mol. The molecule has 0 unspecified atom stereocenters. The second-order valence-corrected chi connectivity index (χ2v) is 6.70. The Bertz CT molecular complexity index is 827. The molecule has 0 radical (unpaired) electrons. The highest BCUT2D eigenvalue weighted by Gasteiger charge is 2.23. The van der Waals surface area contributed by atoms with Gasteiger partial charge in [0, 0.05) is 43.1 Å². The lowest BCUT2D eigenvalue weighted by atomic mass is 10.1. The Labute approximate surface area is 159 Å². The van der Waals surface area contributed by atoms with Crippen molar-refractivity contribution in [2.75, 3.05) is 38.0 Å². The van der Waals surface area contributed by atoms with Gasteiger partial charge in [0.25, 0.3) is 5.91 Å². The second kappa shape index (κ2) is 8.26. The van der Waals surface area contributed by atoms with Gasteiger partial charge in [-0.2, -0.15) is 0 Å². The zero-order valence-corrected chi connectivity index (χ0v) is 16.0. The first kappa shape index (κ1) is 19.0. The van der Waals surface area contributed by atoms with Gasteiger partial charge in [-0.1, -0.05) is 6.92 Å².